The first-order chi connectivity index (χ1) is 8.76. The van der Waals surface area contributed by atoms with Gasteiger partial charge in [-0.3, -0.25) is 4.79 Å². The molecule has 1 unspecified atom stereocenters. The highest BCUT2D eigenvalue weighted by Crippen LogP contribution is 2.15. The second-order valence-electron chi connectivity index (χ2n) is 4.70. The molecule has 0 fully saturated rings. The van der Waals surface area contributed by atoms with Gasteiger partial charge in [0.25, 0.3) is 0 Å². The van der Waals surface area contributed by atoms with Gasteiger partial charge in [0.05, 0.1) is 12.4 Å². The van der Waals surface area contributed by atoms with Gasteiger partial charge in [-0.1, -0.05) is 29.3 Å². The lowest BCUT2D eigenvalue weighted by Gasteiger charge is -2.12. The van der Waals surface area contributed by atoms with Crippen LogP contribution < -0.4 is 0 Å². The predicted octanol–water partition coefficient (Wildman–Crippen LogP) is 2.17. The van der Waals surface area contributed by atoms with E-state index in [0.717, 1.165) is 11.1 Å². The number of sulfone groups is 1. The fourth-order valence-corrected chi connectivity index (χ4v) is 3.16. The minimum absolute atomic E-state index is 0.143. The van der Waals surface area contributed by atoms with Crippen molar-refractivity contribution in [1.29, 1.82) is 0 Å². The van der Waals surface area contributed by atoms with Crippen LogP contribution in [0.4, 0.5) is 0 Å². The van der Waals surface area contributed by atoms with Crippen LogP contribution in [-0.2, 0) is 25.1 Å². The Morgan fingerprint density at radius 3 is 2.21 bits per heavy atom. The molecule has 106 valence electrons. The SMILES string of the molecule is CCOC(=O)C(C)S(=O)(=O)Cc1cc(C)cc(C)c1. The van der Waals surface area contributed by atoms with Crippen molar-refractivity contribution >= 4 is 15.8 Å². The molecule has 19 heavy (non-hydrogen) atoms. The van der Waals surface area contributed by atoms with Crippen LogP contribution in [0.3, 0.4) is 0 Å². The summed E-state index contributed by atoms with van der Waals surface area (Å²) in [4.78, 5) is 11.5. The van der Waals surface area contributed by atoms with E-state index < -0.39 is 21.1 Å². The molecule has 0 spiro atoms. The summed E-state index contributed by atoms with van der Waals surface area (Å²) in [6.45, 7) is 7.04. The molecule has 0 bridgehead atoms. The number of carbonyl (C=O) groups excluding carboxylic acids is 1. The van der Waals surface area contributed by atoms with Crippen LogP contribution in [-0.4, -0.2) is 26.2 Å². The highest BCUT2D eigenvalue weighted by Gasteiger charge is 2.29. The van der Waals surface area contributed by atoms with Crippen LogP contribution >= 0.6 is 0 Å². The van der Waals surface area contributed by atoms with E-state index in [1.54, 1.807) is 6.92 Å². The molecule has 1 rings (SSSR count). The summed E-state index contributed by atoms with van der Waals surface area (Å²) in [6.07, 6.45) is 0. The lowest BCUT2D eigenvalue weighted by atomic mass is 10.1. The standard InChI is InChI=1S/C14H20O4S/c1-5-18-14(15)12(4)19(16,17)9-13-7-10(2)6-11(3)8-13/h6-8,12H,5,9H2,1-4H3. The Labute approximate surface area is 114 Å². The van der Waals surface area contributed by atoms with E-state index in [4.69, 9.17) is 4.74 Å². The summed E-state index contributed by atoms with van der Waals surface area (Å²) in [5.41, 5.74) is 2.72. The fraction of sp³-hybridized carbons (Fsp3) is 0.500. The van der Waals surface area contributed by atoms with Crippen molar-refractivity contribution in [3.8, 4) is 0 Å². The van der Waals surface area contributed by atoms with Crippen molar-refractivity contribution in [3.05, 3.63) is 34.9 Å². The summed E-state index contributed by atoms with van der Waals surface area (Å²) in [7, 11) is -3.54. The van der Waals surface area contributed by atoms with Crippen LogP contribution in [0.5, 0.6) is 0 Å². The third-order valence-electron chi connectivity index (χ3n) is 2.81. The lowest BCUT2D eigenvalue weighted by Crippen LogP contribution is -2.30. The molecule has 1 atom stereocenters. The van der Waals surface area contributed by atoms with Crippen molar-refractivity contribution in [3.63, 3.8) is 0 Å². The Morgan fingerprint density at radius 1 is 1.21 bits per heavy atom. The van der Waals surface area contributed by atoms with E-state index in [0.29, 0.717) is 5.56 Å². The average Bonchev–Trinajstić information content (AvgIpc) is 2.26. The molecule has 1 aromatic carbocycles. The summed E-state index contributed by atoms with van der Waals surface area (Å²) in [6, 6.07) is 5.62. The van der Waals surface area contributed by atoms with E-state index in [1.807, 2.05) is 32.0 Å². The number of benzene rings is 1. The second kappa shape index (κ2) is 6.19. The van der Waals surface area contributed by atoms with Crippen LogP contribution in [0.25, 0.3) is 0 Å². The minimum atomic E-state index is -3.54. The number of aryl methyl sites for hydroxylation is 2. The Morgan fingerprint density at radius 2 is 1.74 bits per heavy atom. The zero-order valence-corrected chi connectivity index (χ0v) is 12.6. The smallest absolute Gasteiger partial charge is 0.324 e. The zero-order valence-electron chi connectivity index (χ0n) is 11.8. The van der Waals surface area contributed by atoms with Crippen molar-refractivity contribution in [2.45, 2.75) is 38.7 Å². The van der Waals surface area contributed by atoms with Crippen molar-refractivity contribution in [2.24, 2.45) is 0 Å². The maximum atomic E-state index is 12.1. The molecule has 0 saturated heterocycles. The summed E-state index contributed by atoms with van der Waals surface area (Å²) in [5.74, 6) is -0.831. The molecule has 5 heteroatoms. The van der Waals surface area contributed by atoms with Gasteiger partial charge in [0, 0.05) is 0 Å². The first-order valence-corrected chi connectivity index (χ1v) is 7.93. The molecule has 0 aromatic heterocycles. The molecular weight excluding hydrogens is 264 g/mol. The Kier molecular flexibility index (Phi) is 5.11. The molecule has 0 heterocycles. The van der Waals surface area contributed by atoms with Crippen molar-refractivity contribution in [2.75, 3.05) is 6.61 Å². The molecule has 0 amide bonds. The Bertz CT molecular complexity index is 541. The first kappa shape index (κ1) is 15.7. The molecular formula is C14H20O4S. The average molecular weight is 284 g/mol. The van der Waals surface area contributed by atoms with Gasteiger partial charge in [0.2, 0.25) is 0 Å². The van der Waals surface area contributed by atoms with Crippen molar-refractivity contribution < 1.29 is 17.9 Å². The second-order valence-corrected chi connectivity index (χ2v) is 7.02. The number of carbonyl (C=O) groups is 1. The van der Waals surface area contributed by atoms with E-state index in [1.165, 1.54) is 6.92 Å². The number of hydrogen-bond donors (Lipinski definition) is 0. The van der Waals surface area contributed by atoms with Gasteiger partial charge in [-0.25, -0.2) is 8.42 Å². The normalized spacial score (nSPS) is 13.1. The molecule has 4 nitrogen and oxygen atoms in total. The molecule has 0 radical (unpaired) electrons. The lowest BCUT2D eigenvalue weighted by molar-refractivity contribution is -0.142. The Balaban J connectivity index is 2.93. The van der Waals surface area contributed by atoms with Crippen LogP contribution in [0, 0.1) is 13.8 Å². The number of esters is 1. The van der Waals surface area contributed by atoms with Gasteiger partial charge in [-0.15, -0.1) is 0 Å². The first-order valence-electron chi connectivity index (χ1n) is 6.21. The van der Waals surface area contributed by atoms with E-state index >= 15 is 0 Å². The zero-order chi connectivity index (χ0) is 14.6. The maximum Gasteiger partial charge on any atom is 0.324 e. The third-order valence-corrected chi connectivity index (χ3v) is 4.81. The molecule has 0 aliphatic carbocycles. The summed E-state index contributed by atoms with van der Waals surface area (Å²) in [5, 5.41) is -1.13. The summed E-state index contributed by atoms with van der Waals surface area (Å²) >= 11 is 0. The van der Waals surface area contributed by atoms with Crippen LogP contribution in [0.2, 0.25) is 0 Å². The number of rotatable bonds is 5. The largest absolute Gasteiger partial charge is 0.465 e. The number of ether oxygens (including phenoxy) is 1. The molecule has 0 aliphatic heterocycles. The fourth-order valence-electron chi connectivity index (χ4n) is 1.92. The predicted molar refractivity (Wildman–Crippen MR) is 74.6 cm³/mol. The van der Waals surface area contributed by atoms with E-state index in [-0.39, 0.29) is 12.4 Å². The molecule has 0 N–H and O–H groups in total. The Hall–Kier alpha value is -1.36. The van der Waals surface area contributed by atoms with Gasteiger partial charge in [-0.05, 0) is 33.3 Å². The highest BCUT2D eigenvalue weighted by molar-refractivity contribution is 7.92. The van der Waals surface area contributed by atoms with E-state index in [2.05, 4.69) is 0 Å². The van der Waals surface area contributed by atoms with Gasteiger partial charge in [0.1, 0.15) is 0 Å². The quantitative estimate of drug-likeness (QED) is 0.777. The van der Waals surface area contributed by atoms with Crippen LogP contribution in [0.1, 0.15) is 30.5 Å². The van der Waals surface area contributed by atoms with Gasteiger partial charge in [-0.2, -0.15) is 0 Å². The highest BCUT2D eigenvalue weighted by atomic mass is 32.2. The van der Waals surface area contributed by atoms with E-state index in [9.17, 15) is 13.2 Å². The molecule has 0 saturated carbocycles. The molecule has 0 aliphatic rings. The van der Waals surface area contributed by atoms with Gasteiger partial charge < -0.3 is 4.74 Å². The third kappa shape index (κ3) is 4.35. The maximum absolute atomic E-state index is 12.1. The molecule has 1 aromatic rings. The topological polar surface area (TPSA) is 60.4 Å². The van der Waals surface area contributed by atoms with Crippen molar-refractivity contribution in [1.82, 2.24) is 0 Å². The minimum Gasteiger partial charge on any atom is -0.465 e. The van der Waals surface area contributed by atoms with Crippen LogP contribution in [0.15, 0.2) is 18.2 Å². The summed E-state index contributed by atoms with van der Waals surface area (Å²) < 4.78 is 29.0. The van der Waals surface area contributed by atoms with Gasteiger partial charge >= 0.3 is 5.97 Å². The van der Waals surface area contributed by atoms with Gasteiger partial charge in [0.15, 0.2) is 15.1 Å². The monoisotopic (exact) mass is 284 g/mol. The number of hydrogen-bond acceptors (Lipinski definition) is 4.